The first-order chi connectivity index (χ1) is 7.94. The molecule has 2 nitrogen and oxygen atoms in total. The molecule has 0 unspecified atom stereocenters. The van der Waals surface area contributed by atoms with Crippen LogP contribution in [0.15, 0.2) is 24.3 Å². The van der Waals surface area contributed by atoms with Crippen molar-refractivity contribution in [2.75, 3.05) is 0 Å². The van der Waals surface area contributed by atoms with Crippen LogP contribution >= 0.6 is 11.6 Å². The van der Waals surface area contributed by atoms with Gasteiger partial charge in [-0.25, -0.2) is 4.98 Å². The number of aromatic nitrogens is 1. The summed E-state index contributed by atoms with van der Waals surface area (Å²) < 4.78 is 0. The van der Waals surface area contributed by atoms with Gasteiger partial charge < -0.3 is 5.11 Å². The molecule has 17 heavy (non-hydrogen) atoms. The van der Waals surface area contributed by atoms with E-state index in [4.69, 9.17) is 11.6 Å². The lowest BCUT2D eigenvalue weighted by Gasteiger charge is -2.23. The maximum Gasteiger partial charge on any atom is 0.138 e. The van der Waals surface area contributed by atoms with Crippen molar-refractivity contribution in [3.63, 3.8) is 0 Å². The minimum absolute atomic E-state index is 0.127. The summed E-state index contributed by atoms with van der Waals surface area (Å²) in [6, 6.07) is 7.25. The van der Waals surface area contributed by atoms with Crippen LogP contribution in [0.2, 0.25) is 5.02 Å². The number of rotatable bonds is 2. The second-order valence-electron chi connectivity index (χ2n) is 4.93. The molecule has 0 bridgehead atoms. The molecule has 0 radical (unpaired) electrons. The third-order valence-corrected chi connectivity index (χ3v) is 3.52. The number of hydrogen-bond acceptors (Lipinski definition) is 2. The Morgan fingerprint density at radius 2 is 2.00 bits per heavy atom. The van der Waals surface area contributed by atoms with E-state index in [1.807, 2.05) is 18.2 Å². The summed E-state index contributed by atoms with van der Waals surface area (Å²) in [6.07, 6.45) is 0.923. The van der Waals surface area contributed by atoms with Crippen LogP contribution in [0.25, 0.3) is 10.9 Å². The van der Waals surface area contributed by atoms with Crippen molar-refractivity contribution in [1.82, 2.24) is 4.98 Å². The van der Waals surface area contributed by atoms with E-state index in [1.165, 1.54) is 0 Å². The first-order valence-electron chi connectivity index (χ1n) is 5.74. The Balaban J connectivity index is 2.68. The molecule has 0 saturated heterocycles. The van der Waals surface area contributed by atoms with Gasteiger partial charge in [0, 0.05) is 15.8 Å². The molecule has 0 saturated carbocycles. The zero-order valence-corrected chi connectivity index (χ0v) is 11.0. The zero-order valence-electron chi connectivity index (χ0n) is 10.3. The molecule has 2 rings (SSSR count). The Labute approximate surface area is 106 Å². The summed E-state index contributed by atoms with van der Waals surface area (Å²) in [7, 11) is 0. The van der Waals surface area contributed by atoms with Crippen LogP contribution in [-0.4, -0.2) is 10.1 Å². The molecule has 3 heteroatoms. The van der Waals surface area contributed by atoms with E-state index in [2.05, 4.69) is 25.8 Å². The molecule has 0 fully saturated rings. The minimum atomic E-state index is -0.127. The first-order valence-corrected chi connectivity index (χ1v) is 6.11. The van der Waals surface area contributed by atoms with Gasteiger partial charge in [0.05, 0.1) is 11.2 Å². The fourth-order valence-electron chi connectivity index (χ4n) is 1.80. The number of pyridine rings is 1. The third-order valence-electron chi connectivity index (χ3n) is 3.28. The van der Waals surface area contributed by atoms with Gasteiger partial charge in [-0.2, -0.15) is 0 Å². The van der Waals surface area contributed by atoms with E-state index >= 15 is 0 Å². The van der Waals surface area contributed by atoms with E-state index < -0.39 is 0 Å². The van der Waals surface area contributed by atoms with Crippen LogP contribution in [-0.2, 0) is 5.41 Å². The van der Waals surface area contributed by atoms with Gasteiger partial charge in [0.15, 0.2) is 0 Å². The summed E-state index contributed by atoms with van der Waals surface area (Å²) >= 11 is 5.92. The number of halogens is 1. The van der Waals surface area contributed by atoms with Gasteiger partial charge in [-0.1, -0.05) is 32.4 Å². The molecule has 0 atom stereocenters. The van der Waals surface area contributed by atoms with Crippen molar-refractivity contribution < 1.29 is 5.11 Å². The second-order valence-corrected chi connectivity index (χ2v) is 5.37. The summed E-state index contributed by atoms with van der Waals surface area (Å²) in [4.78, 5) is 4.55. The van der Waals surface area contributed by atoms with Crippen LogP contribution in [0, 0.1) is 0 Å². The van der Waals surface area contributed by atoms with Gasteiger partial charge in [0.2, 0.25) is 0 Å². The topological polar surface area (TPSA) is 33.1 Å². The highest BCUT2D eigenvalue weighted by molar-refractivity contribution is 6.31. The maximum atomic E-state index is 10.1. The smallest absolute Gasteiger partial charge is 0.138 e. The monoisotopic (exact) mass is 249 g/mol. The molecule has 0 aliphatic carbocycles. The first kappa shape index (κ1) is 12.2. The number of benzene rings is 1. The summed E-state index contributed by atoms with van der Waals surface area (Å²) in [5, 5.41) is 11.6. The van der Waals surface area contributed by atoms with Crippen molar-refractivity contribution in [1.29, 1.82) is 0 Å². The molecule has 0 aliphatic heterocycles. The standard InChI is InChI=1S/C14H16ClNO/c1-4-14(2,3)13-12(17)8-9-7-10(15)5-6-11(9)16-13/h5-8,17H,4H2,1-3H3. The molecule has 90 valence electrons. The van der Waals surface area contributed by atoms with E-state index in [9.17, 15) is 5.11 Å². The molecule has 0 aliphatic rings. The lowest BCUT2D eigenvalue weighted by atomic mass is 9.85. The summed E-state index contributed by atoms with van der Waals surface area (Å²) in [5.41, 5.74) is 1.48. The van der Waals surface area contributed by atoms with Gasteiger partial charge in [-0.05, 0) is 30.7 Å². The molecular weight excluding hydrogens is 234 g/mol. The fourth-order valence-corrected chi connectivity index (χ4v) is 1.98. The Bertz CT molecular complexity index is 563. The van der Waals surface area contributed by atoms with Gasteiger partial charge >= 0.3 is 0 Å². The molecule has 0 amide bonds. The third kappa shape index (κ3) is 2.22. The Morgan fingerprint density at radius 1 is 1.29 bits per heavy atom. The van der Waals surface area contributed by atoms with Crippen LogP contribution in [0.5, 0.6) is 5.75 Å². The van der Waals surface area contributed by atoms with Crippen molar-refractivity contribution >= 4 is 22.5 Å². The van der Waals surface area contributed by atoms with Crippen LogP contribution < -0.4 is 0 Å². The molecule has 2 aromatic rings. The second kappa shape index (κ2) is 4.19. The lowest BCUT2D eigenvalue weighted by molar-refractivity contribution is 0.419. The molecule has 1 aromatic carbocycles. The van der Waals surface area contributed by atoms with E-state index in [0.717, 1.165) is 23.0 Å². The average Bonchev–Trinajstić information content (AvgIpc) is 2.27. The van der Waals surface area contributed by atoms with Crippen molar-refractivity contribution in [3.05, 3.63) is 35.0 Å². The maximum absolute atomic E-state index is 10.1. The molecule has 1 aromatic heterocycles. The fraction of sp³-hybridized carbons (Fsp3) is 0.357. The zero-order chi connectivity index (χ0) is 12.6. The van der Waals surface area contributed by atoms with Gasteiger partial charge in [0.25, 0.3) is 0 Å². The highest BCUT2D eigenvalue weighted by Crippen LogP contribution is 2.34. The van der Waals surface area contributed by atoms with E-state index in [-0.39, 0.29) is 11.2 Å². The van der Waals surface area contributed by atoms with E-state index in [1.54, 1.807) is 6.07 Å². The normalized spacial score (nSPS) is 12.0. The predicted molar refractivity (Wildman–Crippen MR) is 71.7 cm³/mol. The van der Waals surface area contributed by atoms with Crippen molar-refractivity contribution in [2.24, 2.45) is 0 Å². The van der Waals surface area contributed by atoms with Gasteiger partial charge in [-0.15, -0.1) is 0 Å². The van der Waals surface area contributed by atoms with E-state index in [0.29, 0.717) is 5.02 Å². The highest BCUT2D eigenvalue weighted by atomic mass is 35.5. The Hall–Kier alpha value is -1.28. The Kier molecular flexibility index (Phi) is 3.00. The number of hydrogen-bond donors (Lipinski definition) is 1. The SMILES string of the molecule is CCC(C)(C)c1nc2ccc(Cl)cc2cc1O. The van der Waals surface area contributed by atoms with Crippen LogP contribution in [0.1, 0.15) is 32.9 Å². The minimum Gasteiger partial charge on any atom is -0.506 e. The molecule has 1 N–H and O–H groups in total. The summed E-state index contributed by atoms with van der Waals surface area (Å²) in [5.74, 6) is 0.242. The lowest BCUT2D eigenvalue weighted by Crippen LogP contribution is -2.17. The summed E-state index contributed by atoms with van der Waals surface area (Å²) in [6.45, 7) is 6.25. The number of aromatic hydroxyl groups is 1. The number of fused-ring (bicyclic) bond motifs is 1. The Morgan fingerprint density at radius 3 is 2.65 bits per heavy atom. The van der Waals surface area contributed by atoms with Crippen LogP contribution in [0.3, 0.4) is 0 Å². The molecule has 1 heterocycles. The predicted octanol–water partition coefficient (Wildman–Crippen LogP) is 4.28. The quantitative estimate of drug-likeness (QED) is 0.862. The largest absolute Gasteiger partial charge is 0.506 e. The van der Waals surface area contributed by atoms with Crippen LogP contribution in [0.4, 0.5) is 0 Å². The van der Waals surface area contributed by atoms with Crippen molar-refractivity contribution in [3.8, 4) is 5.75 Å². The van der Waals surface area contributed by atoms with Gasteiger partial charge in [0.1, 0.15) is 5.75 Å². The number of nitrogens with zero attached hydrogens (tertiary/aromatic N) is 1. The average molecular weight is 250 g/mol. The molecule has 0 spiro atoms. The highest BCUT2D eigenvalue weighted by Gasteiger charge is 2.24. The molecular formula is C14H16ClNO. The van der Waals surface area contributed by atoms with Gasteiger partial charge in [-0.3, -0.25) is 0 Å². The van der Waals surface area contributed by atoms with Crippen molar-refractivity contribution in [2.45, 2.75) is 32.6 Å².